The zero-order valence-electron chi connectivity index (χ0n) is 15.6. The lowest BCUT2D eigenvalue weighted by Crippen LogP contribution is -2.20. The molecule has 146 valence electrons. The summed E-state index contributed by atoms with van der Waals surface area (Å²) < 4.78 is 15.6. The highest BCUT2D eigenvalue weighted by molar-refractivity contribution is 7.09. The zero-order chi connectivity index (χ0) is 19.6. The molecule has 0 aliphatic carbocycles. The summed E-state index contributed by atoms with van der Waals surface area (Å²) in [6, 6.07) is 8.64. The minimum absolute atomic E-state index is 0.258. The van der Waals surface area contributed by atoms with Crippen molar-refractivity contribution in [3.8, 4) is 22.6 Å². The van der Waals surface area contributed by atoms with Crippen LogP contribution in [0.15, 0.2) is 60.9 Å². The average Bonchev–Trinajstić information content (AvgIpc) is 3.50. The largest absolute Gasteiger partial charge is 0.324 e. The van der Waals surface area contributed by atoms with E-state index in [1.807, 2.05) is 24.1 Å². The number of thiazole rings is 1. The number of benzene rings is 1. The van der Waals surface area contributed by atoms with E-state index < -0.39 is 0 Å². The van der Waals surface area contributed by atoms with Crippen molar-refractivity contribution in [1.82, 2.24) is 29.4 Å². The minimum Gasteiger partial charge on any atom is -0.324 e. The van der Waals surface area contributed by atoms with Crippen LogP contribution in [0.25, 0.3) is 22.6 Å². The third-order valence-electron chi connectivity index (χ3n) is 5.24. The Bertz CT molecular complexity index is 1080. The Morgan fingerprint density at radius 1 is 1.10 bits per heavy atom. The highest BCUT2D eigenvalue weighted by Gasteiger charge is 2.28. The first-order valence-electron chi connectivity index (χ1n) is 9.47. The highest BCUT2D eigenvalue weighted by atomic mass is 32.1. The van der Waals surface area contributed by atoms with Gasteiger partial charge in [-0.3, -0.25) is 9.88 Å². The lowest BCUT2D eigenvalue weighted by Gasteiger charge is -2.18. The maximum Gasteiger partial charge on any atom is 0.123 e. The summed E-state index contributed by atoms with van der Waals surface area (Å²) >= 11 is 1.69. The first kappa shape index (κ1) is 18.1. The van der Waals surface area contributed by atoms with Gasteiger partial charge in [0.05, 0.1) is 28.9 Å². The third-order valence-corrected chi connectivity index (χ3v) is 6.00. The molecule has 4 heterocycles. The number of hydrogen-bond donors (Lipinski definition) is 0. The molecule has 0 radical (unpaired) electrons. The zero-order valence-corrected chi connectivity index (χ0v) is 16.5. The van der Waals surface area contributed by atoms with Crippen LogP contribution in [0.1, 0.15) is 17.3 Å². The monoisotopic (exact) mass is 406 g/mol. The van der Waals surface area contributed by atoms with Crippen LogP contribution in [0.4, 0.5) is 4.39 Å². The van der Waals surface area contributed by atoms with Crippen molar-refractivity contribution in [2.24, 2.45) is 0 Å². The standard InChI is InChI=1S/C21H19FN6S/c22-16-3-1-15(2-4-16)20-21(19-5-7-23-12-25-19)28(13-26-20)17-6-8-27(10-17)11-18-9-24-14-29-18/h1-5,7,9,12-14,17H,6,8,10-11H2. The third kappa shape index (κ3) is 3.68. The maximum absolute atomic E-state index is 13.4. The molecule has 1 aliphatic rings. The second-order valence-electron chi connectivity index (χ2n) is 7.10. The van der Waals surface area contributed by atoms with Crippen LogP contribution < -0.4 is 0 Å². The molecule has 8 heteroatoms. The predicted molar refractivity (Wildman–Crippen MR) is 110 cm³/mol. The van der Waals surface area contributed by atoms with Crippen LogP contribution in [-0.4, -0.2) is 42.5 Å². The average molecular weight is 406 g/mol. The van der Waals surface area contributed by atoms with Crippen molar-refractivity contribution in [1.29, 1.82) is 0 Å². The highest BCUT2D eigenvalue weighted by Crippen LogP contribution is 2.35. The Morgan fingerprint density at radius 3 is 2.76 bits per heavy atom. The normalized spacial score (nSPS) is 17.1. The SMILES string of the molecule is Fc1ccc(-c2ncn(C3CCN(Cc4cncs4)C3)c2-c2ccncn2)cc1. The molecule has 1 unspecified atom stereocenters. The fourth-order valence-electron chi connectivity index (χ4n) is 3.86. The first-order valence-corrected chi connectivity index (χ1v) is 10.3. The Labute approximate surface area is 171 Å². The van der Waals surface area contributed by atoms with Crippen molar-refractivity contribution in [2.45, 2.75) is 19.0 Å². The van der Waals surface area contributed by atoms with Crippen LogP contribution in [0.5, 0.6) is 0 Å². The Hall–Kier alpha value is -2.97. The molecule has 6 nitrogen and oxygen atoms in total. The van der Waals surface area contributed by atoms with Gasteiger partial charge in [-0.2, -0.15) is 0 Å². The number of halogens is 1. The lowest BCUT2D eigenvalue weighted by molar-refractivity contribution is 0.319. The van der Waals surface area contributed by atoms with Gasteiger partial charge in [-0.25, -0.2) is 19.3 Å². The van der Waals surface area contributed by atoms with Gasteiger partial charge in [0.15, 0.2) is 0 Å². The van der Waals surface area contributed by atoms with Crippen LogP contribution in [-0.2, 0) is 6.54 Å². The van der Waals surface area contributed by atoms with Crippen molar-refractivity contribution in [3.05, 3.63) is 71.6 Å². The molecule has 5 rings (SSSR count). The van der Waals surface area contributed by atoms with E-state index in [4.69, 9.17) is 4.98 Å². The second-order valence-corrected chi connectivity index (χ2v) is 8.07. The summed E-state index contributed by atoms with van der Waals surface area (Å²) in [5, 5.41) is 0. The van der Waals surface area contributed by atoms with E-state index in [1.165, 1.54) is 17.0 Å². The van der Waals surface area contributed by atoms with Gasteiger partial charge in [-0.15, -0.1) is 11.3 Å². The molecule has 0 amide bonds. The molecule has 1 aromatic carbocycles. The van der Waals surface area contributed by atoms with Gasteiger partial charge < -0.3 is 4.57 Å². The molecule has 0 saturated carbocycles. The van der Waals surface area contributed by atoms with E-state index in [9.17, 15) is 4.39 Å². The van der Waals surface area contributed by atoms with Gasteiger partial charge in [0.1, 0.15) is 12.1 Å². The van der Waals surface area contributed by atoms with E-state index in [1.54, 1.807) is 36.0 Å². The van der Waals surface area contributed by atoms with Gasteiger partial charge in [0.2, 0.25) is 0 Å². The lowest BCUT2D eigenvalue weighted by atomic mass is 10.1. The maximum atomic E-state index is 13.4. The molecule has 1 fully saturated rings. The van der Waals surface area contributed by atoms with Crippen LogP contribution in [0.3, 0.4) is 0 Å². The molecule has 29 heavy (non-hydrogen) atoms. The van der Waals surface area contributed by atoms with Gasteiger partial charge >= 0.3 is 0 Å². The van der Waals surface area contributed by atoms with Crippen LogP contribution in [0, 0.1) is 5.82 Å². The van der Waals surface area contributed by atoms with E-state index in [0.717, 1.165) is 48.7 Å². The summed E-state index contributed by atoms with van der Waals surface area (Å²) in [7, 11) is 0. The van der Waals surface area contributed by atoms with Gasteiger partial charge in [-0.1, -0.05) is 0 Å². The summed E-state index contributed by atoms with van der Waals surface area (Å²) in [6.07, 6.45) is 8.14. The van der Waals surface area contributed by atoms with Gasteiger partial charge in [-0.05, 0) is 36.8 Å². The molecular formula is C21H19FN6S. The topological polar surface area (TPSA) is 59.7 Å². The predicted octanol–water partition coefficient (Wildman–Crippen LogP) is 4.05. The van der Waals surface area contributed by atoms with Crippen molar-refractivity contribution < 1.29 is 4.39 Å². The van der Waals surface area contributed by atoms with E-state index in [0.29, 0.717) is 6.04 Å². The van der Waals surface area contributed by atoms with Crippen molar-refractivity contribution in [3.63, 3.8) is 0 Å². The number of rotatable bonds is 5. The Kier molecular flexibility index (Phi) is 4.87. The van der Waals surface area contributed by atoms with E-state index in [-0.39, 0.29) is 5.82 Å². The van der Waals surface area contributed by atoms with Gasteiger partial charge in [0.25, 0.3) is 0 Å². The molecule has 0 bridgehead atoms. The molecule has 1 atom stereocenters. The fraction of sp³-hybridized carbons (Fsp3) is 0.238. The molecule has 3 aromatic heterocycles. The van der Waals surface area contributed by atoms with Crippen LogP contribution >= 0.6 is 11.3 Å². The number of likely N-dealkylation sites (tertiary alicyclic amines) is 1. The van der Waals surface area contributed by atoms with E-state index >= 15 is 0 Å². The number of aromatic nitrogens is 5. The number of imidazole rings is 1. The molecule has 0 N–H and O–H groups in total. The van der Waals surface area contributed by atoms with Crippen molar-refractivity contribution >= 4 is 11.3 Å². The summed E-state index contributed by atoms with van der Waals surface area (Å²) in [5.74, 6) is -0.258. The van der Waals surface area contributed by atoms with Gasteiger partial charge in [0, 0.05) is 48.5 Å². The summed E-state index contributed by atoms with van der Waals surface area (Å²) in [6.45, 7) is 2.88. The fourth-order valence-corrected chi connectivity index (χ4v) is 4.50. The van der Waals surface area contributed by atoms with Crippen molar-refractivity contribution in [2.75, 3.05) is 13.1 Å². The Morgan fingerprint density at radius 2 is 2.00 bits per heavy atom. The Balaban J connectivity index is 1.49. The minimum atomic E-state index is -0.258. The molecule has 1 aliphatic heterocycles. The van der Waals surface area contributed by atoms with E-state index in [2.05, 4.69) is 24.4 Å². The summed E-state index contributed by atoms with van der Waals surface area (Å²) in [4.78, 5) is 21.1. The molecule has 4 aromatic rings. The summed E-state index contributed by atoms with van der Waals surface area (Å²) in [5.41, 5.74) is 5.32. The molecular weight excluding hydrogens is 387 g/mol. The molecule has 0 spiro atoms. The second kappa shape index (κ2) is 7.81. The number of nitrogens with zero attached hydrogens (tertiary/aromatic N) is 6. The van der Waals surface area contributed by atoms with Crippen LogP contribution in [0.2, 0.25) is 0 Å². The number of hydrogen-bond acceptors (Lipinski definition) is 6. The first-order chi connectivity index (χ1) is 14.3. The quantitative estimate of drug-likeness (QED) is 0.500. The smallest absolute Gasteiger partial charge is 0.123 e. The molecule has 1 saturated heterocycles.